The lowest BCUT2D eigenvalue weighted by Gasteiger charge is -2.37. The summed E-state index contributed by atoms with van der Waals surface area (Å²) in [4.78, 5) is 5.49. The van der Waals surface area contributed by atoms with Crippen LogP contribution in [0.5, 0.6) is 0 Å². The molecule has 2 heterocycles. The largest absolute Gasteiger partial charge is 0.383 e. The van der Waals surface area contributed by atoms with Gasteiger partial charge in [-0.2, -0.15) is 0 Å². The number of nitrogens with zero attached hydrogens (tertiary/aromatic N) is 2. The van der Waals surface area contributed by atoms with Crippen molar-refractivity contribution in [1.29, 1.82) is 0 Å². The van der Waals surface area contributed by atoms with Crippen molar-refractivity contribution in [2.75, 3.05) is 26.8 Å². The number of piperidine rings is 1. The lowest BCUT2D eigenvalue weighted by molar-refractivity contribution is 0.0723. The van der Waals surface area contributed by atoms with Crippen molar-refractivity contribution in [3.63, 3.8) is 0 Å². The molecule has 5 atom stereocenters. The van der Waals surface area contributed by atoms with E-state index in [1.807, 2.05) is 7.11 Å². The molecule has 0 amide bonds. The molecule has 3 nitrogen and oxygen atoms in total. The number of methoxy groups -OCH3 is 1. The maximum Gasteiger partial charge on any atom is 0.0618 e. The number of fused-ring (bicyclic) bond motifs is 1. The van der Waals surface area contributed by atoms with Gasteiger partial charge in [0.25, 0.3) is 0 Å². The SMILES string of the molecule is COCC1CCCN1C(C)CC1C2CC2CN1C(C)C. The Morgan fingerprint density at radius 1 is 1.20 bits per heavy atom. The smallest absolute Gasteiger partial charge is 0.0618 e. The average Bonchev–Trinajstić information content (AvgIpc) is 2.86. The minimum atomic E-state index is 0.666. The predicted octanol–water partition coefficient (Wildman–Crippen LogP) is 2.60. The fourth-order valence-electron chi connectivity index (χ4n) is 4.80. The molecular weight excluding hydrogens is 248 g/mol. The van der Waals surface area contributed by atoms with Crippen LogP contribution in [0.2, 0.25) is 0 Å². The standard InChI is InChI=1S/C17H32N2O/c1-12(2)19-10-14-9-16(14)17(19)8-13(3)18-7-5-6-15(18)11-20-4/h12-17H,5-11H2,1-4H3. The zero-order valence-corrected chi connectivity index (χ0v) is 13.7. The van der Waals surface area contributed by atoms with E-state index in [1.165, 1.54) is 38.8 Å². The molecule has 2 aliphatic heterocycles. The van der Waals surface area contributed by atoms with Crippen molar-refractivity contribution >= 4 is 0 Å². The molecule has 3 fully saturated rings. The minimum absolute atomic E-state index is 0.666. The Labute approximate surface area is 124 Å². The van der Waals surface area contributed by atoms with Crippen LogP contribution >= 0.6 is 0 Å². The molecule has 0 aromatic heterocycles. The topological polar surface area (TPSA) is 15.7 Å². The van der Waals surface area contributed by atoms with Gasteiger partial charge in [-0.05, 0) is 64.8 Å². The van der Waals surface area contributed by atoms with Gasteiger partial charge in [0.15, 0.2) is 0 Å². The van der Waals surface area contributed by atoms with Gasteiger partial charge in [0.05, 0.1) is 6.61 Å². The molecule has 3 rings (SSSR count). The average molecular weight is 280 g/mol. The first-order chi connectivity index (χ1) is 9.61. The Morgan fingerprint density at radius 2 is 2.00 bits per heavy atom. The highest BCUT2D eigenvalue weighted by Crippen LogP contribution is 2.51. The summed E-state index contributed by atoms with van der Waals surface area (Å²) >= 11 is 0. The first-order valence-corrected chi connectivity index (χ1v) is 8.62. The molecule has 0 spiro atoms. The van der Waals surface area contributed by atoms with Gasteiger partial charge < -0.3 is 4.74 Å². The highest BCUT2D eigenvalue weighted by atomic mass is 16.5. The summed E-state index contributed by atoms with van der Waals surface area (Å²) in [6.45, 7) is 10.7. The van der Waals surface area contributed by atoms with Gasteiger partial charge >= 0.3 is 0 Å². The van der Waals surface area contributed by atoms with Crippen LogP contribution < -0.4 is 0 Å². The first-order valence-electron chi connectivity index (χ1n) is 8.62. The third-order valence-electron chi connectivity index (χ3n) is 5.94. The Kier molecular flexibility index (Phi) is 4.40. The van der Waals surface area contributed by atoms with E-state index in [1.54, 1.807) is 0 Å². The van der Waals surface area contributed by atoms with Crippen molar-refractivity contribution in [2.24, 2.45) is 11.8 Å². The van der Waals surface area contributed by atoms with E-state index in [4.69, 9.17) is 4.74 Å². The van der Waals surface area contributed by atoms with Crippen molar-refractivity contribution < 1.29 is 4.74 Å². The van der Waals surface area contributed by atoms with Gasteiger partial charge in [-0.3, -0.25) is 9.80 Å². The highest BCUT2D eigenvalue weighted by Gasteiger charge is 2.53. The Bertz CT molecular complexity index is 333. The normalized spacial score (nSPS) is 39.5. The van der Waals surface area contributed by atoms with Crippen LogP contribution in [0, 0.1) is 11.8 Å². The quantitative estimate of drug-likeness (QED) is 0.744. The fourth-order valence-corrected chi connectivity index (χ4v) is 4.80. The number of hydrogen-bond acceptors (Lipinski definition) is 3. The maximum absolute atomic E-state index is 5.41. The van der Waals surface area contributed by atoms with Crippen LogP contribution in [0.4, 0.5) is 0 Å². The second kappa shape index (κ2) is 5.94. The number of hydrogen-bond donors (Lipinski definition) is 0. The van der Waals surface area contributed by atoms with Crippen molar-refractivity contribution in [2.45, 2.75) is 70.6 Å². The van der Waals surface area contributed by atoms with Crippen LogP contribution in [0.25, 0.3) is 0 Å². The third kappa shape index (κ3) is 2.77. The minimum Gasteiger partial charge on any atom is -0.383 e. The molecule has 1 aliphatic carbocycles. The summed E-state index contributed by atoms with van der Waals surface area (Å²) in [6, 6.07) is 2.94. The summed E-state index contributed by atoms with van der Waals surface area (Å²) in [5.41, 5.74) is 0. The predicted molar refractivity (Wildman–Crippen MR) is 82.9 cm³/mol. The van der Waals surface area contributed by atoms with Crippen LogP contribution in [-0.2, 0) is 4.74 Å². The lowest BCUT2D eigenvalue weighted by Crippen LogP contribution is -2.46. The van der Waals surface area contributed by atoms with Crippen LogP contribution in [0.3, 0.4) is 0 Å². The molecular formula is C17H32N2O. The van der Waals surface area contributed by atoms with Crippen molar-refractivity contribution in [3.05, 3.63) is 0 Å². The molecule has 0 radical (unpaired) electrons. The molecule has 0 N–H and O–H groups in total. The molecule has 20 heavy (non-hydrogen) atoms. The van der Waals surface area contributed by atoms with E-state index in [9.17, 15) is 0 Å². The summed E-state index contributed by atoms with van der Waals surface area (Å²) in [5, 5.41) is 0. The summed E-state index contributed by atoms with van der Waals surface area (Å²) in [6.07, 6.45) is 5.54. The van der Waals surface area contributed by atoms with Gasteiger partial charge in [0.2, 0.25) is 0 Å². The Balaban J connectivity index is 1.59. The zero-order chi connectivity index (χ0) is 14.3. The maximum atomic E-state index is 5.41. The van der Waals surface area contributed by atoms with Gasteiger partial charge in [0.1, 0.15) is 0 Å². The van der Waals surface area contributed by atoms with E-state index in [-0.39, 0.29) is 0 Å². The zero-order valence-electron chi connectivity index (χ0n) is 13.7. The van der Waals surface area contributed by atoms with E-state index in [2.05, 4.69) is 30.6 Å². The van der Waals surface area contributed by atoms with Crippen molar-refractivity contribution in [1.82, 2.24) is 9.80 Å². The second-order valence-corrected chi connectivity index (χ2v) is 7.59. The van der Waals surface area contributed by atoms with Crippen LogP contribution in [0.15, 0.2) is 0 Å². The third-order valence-corrected chi connectivity index (χ3v) is 5.94. The Hall–Kier alpha value is -0.120. The van der Waals surface area contributed by atoms with Gasteiger partial charge in [-0.25, -0.2) is 0 Å². The molecule has 0 aromatic carbocycles. The van der Waals surface area contributed by atoms with Gasteiger partial charge in [-0.15, -0.1) is 0 Å². The summed E-state index contributed by atoms with van der Waals surface area (Å²) in [5.74, 6) is 2.05. The summed E-state index contributed by atoms with van der Waals surface area (Å²) < 4.78 is 5.41. The van der Waals surface area contributed by atoms with Crippen LogP contribution in [0.1, 0.15) is 46.5 Å². The van der Waals surface area contributed by atoms with E-state index in [0.717, 1.165) is 24.5 Å². The second-order valence-electron chi connectivity index (χ2n) is 7.59. The van der Waals surface area contributed by atoms with Gasteiger partial charge in [-0.1, -0.05) is 0 Å². The number of likely N-dealkylation sites (tertiary alicyclic amines) is 2. The van der Waals surface area contributed by atoms with Crippen LogP contribution in [-0.4, -0.2) is 60.8 Å². The monoisotopic (exact) mass is 280 g/mol. The fraction of sp³-hybridized carbons (Fsp3) is 1.00. The molecule has 3 heteroatoms. The highest BCUT2D eigenvalue weighted by molar-refractivity contribution is 5.06. The number of rotatable bonds is 6. The Morgan fingerprint density at radius 3 is 2.70 bits per heavy atom. The van der Waals surface area contributed by atoms with Gasteiger partial charge in [0, 0.05) is 37.8 Å². The van der Waals surface area contributed by atoms with Crippen molar-refractivity contribution in [3.8, 4) is 0 Å². The summed E-state index contributed by atoms with van der Waals surface area (Å²) in [7, 11) is 1.84. The van der Waals surface area contributed by atoms with E-state index in [0.29, 0.717) is 18.1 Å². The molecule has 0 bridgehead atoms. The molecule has 0 aromatic rings. The first kappa shape index (κ1) is 14.8. The number of ether oxygens (including phenoxy) is 1. The molecule has 3 aliphatic rings. The lowest BCUT2D eigenvalue weighted by atomic mass is 10.0. The van der Waals surface area contributed by atoms with E-state index >= 15 is 0 Å². The molecule has 116 valence electrons. The molecule has 1 saturated carbocycles. The molecule has 5 unspecified atom stereocenters. The molecule has 2 saturated heterocycles. The van der Waals surface area contributed by atoms with E-state index < -0.39 is 0 Å².